The third kappa shape index (κ3) is 2.44. The van der Waals surface area contributed by atoms with Crippen molar-refractivity contribution in [2.75, 3.05) is 18.8 Å². The number of nitrogens with two attached hydrogens (primary N) is 1. The Morgan fingerprint density at radius 2 is 2.00 bits per heavy atom. The molecular formula is C18H19N7. The summed E-state index contributed by atoms with van der Waals surface area (Å²) in [6.45, 7) is 3.11. The zero-order chi connectivity index (χ0) is 16.8. The van der Waals surface area contributed by atoms with Crippen molar-refractivity contribution in [3.63, 3.8) is 0 Å². The first-order valence-electron chi connectivity index (χ1n) is 8.58. The summed E-state index contributed by atoms with van der Waals surface area (Å²) in [6.07, 6.45) is 4.34. The second-order valence-corrected chi connectivity index (χ2v) is 6.58. The van der Waals surface area contributed by atoms with Gasteiger partial charge in [0.15, 0.2) is 5.82 Å². The smallest absolute Gasteiger partial charge is 0.152 e. The molecule has 0 atom stereocenters. The quantitative estimate of drug-likeness (QED) is 0.535. The second kappa shape index (κ2) is 5.56. The van der Waals surface area contributed by atoms with Gasteiger partial charge in [-0.2, -0.15) is 5.10 Å². The van der Waals surface area contributed by atoms with Crippen molar-refractivity contribution < 1.29 is 0 Å². The normalized spacial score (nSPS) is 15.5. The minimum atomic E-state index is 0.464. The second-order valence-electron chi connectivity index (χ2n) is 6.58. The lowest BCUT2D eigenvalue weighted by Crippen LogP contribution is -2.19. The first-order chi connectivity index (χ1) is 12.3. The summed E-state index contributed by atoms with van der Waals surface area (Å²) in [5.41, 5.74) is 10.7. The van der Waals surface area contributed by atoms with Crippen LogP contribution in [0.5, 0.6) is 0 Å². The Morgan fingerprint density at radius 3 is 2.80 bits per heavy atom. The van der Waals surface area contributed by atoms with Crippen molar-refractivity contribution >= 4 is 27.8 Å². The lowest BCUT2D eigenvalue weighted by molar-refractivity contribution is 0.324. The Kier molecular flexibility index (Phi) is 3.21. The van der Waals surface area contributed by atoms with E-state index in [2.05, 4.69) is 37.2 Å². The number of nitrogens with zero attached hydrogens (tertiary/aromatic N) is 4. The van der Waals surface area contributed by atoms with E-state index in [9.17, 15) is 0 Å². The molecule has 0 aliphatic carbocycles. The number of hydrogen-bond donors (Lipinski definition) is 3. The highest BCUT2D eigenvalue weighted by atomic mass is 15.2. The molecule has 25 heavy (non-hydrogen) atoms. The zero-order valence-electron chi connectivity index (χ0n) is 13.8. The molecule has 1 aliphatic heterocycles. The van der Waals surface area contributed by atoms with E-state index < -0.39 is 0 Å². The molecule has 0 bridgehead atoms. The van der Waals surface area contributed by atoms with Crippen molar-refractivity contribution in [3.8, 4) is 11.3 Å². The van der Waals surface area contributed by atoms with E-state index in [1.807, 2.05) is 18.3 Å². The summed E-state index contributed by atoms with van der Waals surface area (Å²) in [5, 5.41) is 8.10. The fourth-order valence-corrected chi connectivity index (χ4v) is 3.63. The molecule has 4 aromatic rings. The van der Waals surface area contributed by atoms with Crippen LogP contribution in [0.15, 0.2) is 30.5 Å². The fraction of sp³-hybridized carbons (Fsp3) is 0.278. The number of anilines is 1. The molecule has 0 spiro atoms. The molecule has 1 saturated heterocycles. The summed E-state index contributed by atoms with van der Waals surface area (Å²) in [5.74, 6) is 1.42. The number of rotatable bonds is 3. The van der Waals surface area contributed by atoms with Crippen molar-refractivity contribution in [3.05, 3.63) is 36.3 Å². The molecule has 1 aliphatic rings. The predicted molar refractivity (Wildman–Crippen MR) is 97.9 cm³/mol. The molecule has 4 heterocycles. The molecule has 126 valence electrons. The van der Waals surface area contributed by atoms with Gasteiger partial charge in [0.05, 0.1) is 23.3 Å². The molecule has 0 saturated carbocycles. The number of pyridine rings is 1. The summed E-state index contributed by atoms with van der Waals surface area (Å²) in [7, 11) is 0. The van der Waals surface area contributed by atoms with Crippen molar-refractivity contribution in [1.29, 1.82) is 0 Å². The van der Waals surface area contributed by atoms with Crippen LogP contribution in [-0.2, 0) is 6.54 Å². The number of benzene rings is 1. The Morgan fingerprint density at radius 1 is 1.12 bits per heavy atom. The molecule has 0 amide bonds. The van der Waals surface area contributed by atoms with Gasteiger partial charge in [0.2, 0.25) is 0 Å². The van der Waals surface area contributed by atoms with Gasteiger partial charge in [-0.1, -0.05) is 6.07 Å². The van der Waals surface area contributed by atoms with Crippen LogP contribution < -0.4 is 5.73 Å². The first-order valence-corrected chi connectivity index (χ1v) is 8.58. The molecule has 1 fully saturated rings. The number of aromatic amines is 2. The Labute approximate surface area is 144 Å². The zero-order valence-corrected chi connectivity index (χ0v) is 13.8. The summed E-state index contributed by atoms with van der Waals surface area (Å²) in [6, 6.07) is 8.07. The van der Waals surface area contributed by atoms with E-state index in [-0.39, 0.29) is 0 Å². The largest absolute Gasteiger partial charge is 0.382 e. The van der Waals surface area contributed by atoms with Gasteiger partial charge < -0.3 is 10.7 Å². The lowest BCUT2D eigenvalue weighted by atomic mass is 10.1. The molecule has 1 aromatic carbocycles. The maximum absolute atomic E-state index is 6.18. The van der Waals surface area contributed by atoms with Crippen molar-refractivity contribution in [2.24, 2.45) is 0 Å². The highest BCUT2D eigenvalue weighted by Gasteiger charge is 2.16. The van der Waals surface area contributed by atoms with Crippen LogP contribution >= 0.6 is 0 Å². The summed E-state index contributed by atoms with van der Waals surface area (Å²) < 4.78 is 0. The summed E-state index contributed by atoms with van der Waals surface area (Å²) in [4.78, 5) is 15.1. The number of hydrogen-bond acceptors (Lipinski definition) is 5. The van der Waals surface area contributed by atoms with Gasteiger partial charge in [0, 0.05) is 17.1 Å². The minimum absolute atomic E-state index is 0.464. The third-order valence-corrected chi connectivity index (χ3v) is 4.87. The van der Waals surface area contributed by atoms with Gasteiger partial charge in [-0.05, 0) is 44.1 Å². The van der Waals surface area contributed by atoms with Crippen LogP contribution in [0, 0.1) is 0 Å². The maximum atomic E-state index is 6.18. The molecule has 7 nitrogen and oxygen atoms in total. The number of nitrogens with one attached hydrogen (secondary N) is 2. The molecule has 5 rings (SSSR count). The van der Waals surface area contributed by atoms with Gasteiger partial charge in [-0.25, -0.2) is 9.97 Å². The average molecular weight is 333 g/mol. The number of aromatic nitrogens is 5. The van der Waals surface area contributed by atoms with Crippen LogP contribution in [0.3, 0.4) is 0 Å². The summed E-state index contributed by atoms with van der Waals surface area (Å²) >= 11 is 0. The van der Waals surface area contributed by atoms with Gasteiger partial charge in [-0.15, -0.1) is 0 Å². The Hall–Kier alpha value is -2.93. The lowest BCUT2D eigenvalue weighted by Gasteiger charge is -2.11. The Bertz CT molecular complexity index is 1040. The topological polar surface area (TPSA) is 99.5 Å². The van der Waals surface area contributed by atoms with Crippen LogP contribution in [0.25, 0.3) is 33.2 Å². The number of fused-ring (bicyclic) bond motifs is 3. The van der Waals surface area contributed by atoms with Gasteiger partial charge in [0.1, 0.15) is 11.3 Å². The number of likely N-dealkylation sites (tertiary alicyclic amines) is 1. The van der Waals surface area contributed by atoms with Gasteiger partial charge in [0.25, 0.3) is 0 Å². The van der Waals surface area contributed by atoms with E-state index in [1.165, 1.54) is 12.8 Å². The average Bonchev–Trinajstić information content (AvgIpc) is 3.36. The SMILES string of the molecule is Nc1nc2cc(-c3cc[nH]n3)ccc2c2[nH]c(CN3CCCC3)nc12. The molecule has 0 radical (unpaired) electrons. The number of H-pyrrole nitrogens is 2. The third-order valence-electron chi connectivity index (χ3n) is 4.87. The predicted octanol–water partition coefficient (Wildman–Crippen LogP) is 2.68. The van der Waals surface area contributed by atoms with Gasteiger partial charge >= 0.3 is 0 Å². The Balaban J connectivity index is 1.62. The fourth-order valence-electron chi connectivity index (χ4n) is 3.63. The molecule has 0 unspecified atom stereocenters. The standard InChI is InChI=1S/C18H19N7/c19-18-17-16(22-15(23-17)10-25-7-1-2-8-25)12-4-3-11(9-14(12)21-18)13-5-6-20-24-13/h3-6,9H,1-2,7-8,10H2,(H2,19,21)(H,20,24)(H,22,23). The van der Waals surface area contributed by atoms with Crippen LogP contribution in [0.4, 0.5) is 5.82 Å². The van der Waals surface area contributed by atoms with E-state index in [4.69, 9.17) is 10.7 Å². The van der Waals surface area contributed by atoms with E-state index >= 15 is 0 Å². The monoisotopic (exact) mass is 333 g/mol. The van der Waals surface area contributed by atoms with Crippen molar-refractivity contribution in [2.45, 2.75) is 19.4 Å². The minimum Gasteiger partial charge on any atom is -0.382 e. The molecule has 4 N–H and O–H groups in total. The van der Waals surface area contributed by atoms with Gasteiger partial charge in [-0.3, -0.25) is 10.00 Å². The highest BCUT2D eigenvalue weighted by Crippen LogP contribution is 2.29. The van der Waals surface area contributed by atoms with E-state index in [0.29, 0.717) is 5.82 Å². The molecular weight excluding hydrogens is 314 g/mol. The van der Waals surface area contributed by atoms with E-state index in [0.717, 1.165) is 58.7 Å². The molecule has 3 aromatic heterocycles. The van der Waals surface area contributed by atoms with Crippen LogP contribution in [-0.4, -0.2) is 43.1 Å². The van der Waals surface area contributed by atoms with E-state index in [1.54, 1.807) is 0 Å². The highest BCUT2D eigenvalue weighted by molar-refractivity contribution is 6.06. The van der Waals surface area contributed by atoms with Crippen LogP contribution in [0.1, 0.15) is 18.7 Å². The number of nitrogen functional groups attached to an aromatic ring is 1. The van der Waals surface area contributed by atoms with Crippen LogP contribution in [0.2, 0.25) is 0 Å². The number of imidazole rings is 1. The van der Waals surface area contributed by atoms with Crippen molar-refractivity contribution in [1.82, 2.24) is 30.0 Å². The first kappa shape index (κ1) is 14.4. The maximum Gasteiger partial charge on any atom is 0.152 e. The molecule has 7 heteroatoms.